The average Bonchev–Trinajstić information content (AvgIpc) is 3.38. The summed E-state index contributed by atoms with van der Waals surface area (Å²) in [5.41, 5.74) is 0.851. The lowest BCUT2D eigenvalue weighted by molar-refractivity contribution is -0.384. The second-order valence-electron chi connectivity index (χ2n) is 6.71. The molecule has 0 N–H and O–H groups in total. The number of piperazine rings is 1. The van der Waals surface area contributed by atoms with Crippen LogP contribution in [0.1, 0.15) is 43.4 Å². The summed E-state index contributed by atoms with van der Waals surface area (Å²) < 4.78 is 5.44. The second kappa shape index (κ2) is 6.44. The first kappa shape index (κ1) is 16.0. The van der Waals surface area contributed by atoms with Crippen LogP contribution in [0, 0.1) is 10.1 Å². The van der Waals surface area contributed by atoms with Crippen LogP contribution in [-0.2, 0) is 0 Å². The number of hydrogen-bond acceptors (Lipinski definition) is 7. The Morgan fingerprint density at radius 3 is 2.64 bits per heavy atom. The molecule has 1 saturated heterocycles. The predicted octanol–water partition coefficient (Wildman–Crippen LogP) is 2.74. The third-order valence-corrected chi connectivity index (χ3v) is 5.04. The van der Waals surface area contributed by atoms with E-state index in [1.807, 2.05) is 12.1 Å². The number of anilines is 1. The molecule has 8 heteroatoms. The summed E-state index contributed by atoms with van der Waals surface area (Å²) in [4.78, 5) is 19.8. The van der Waals surface area contributed by atoms with Crippen molar-refractivity contribution in [2.24, 2.45) is 0 Å². The van der Waals surface area contributed by atoms with Crippen molar-refractivity contribution >= 4 is 11.4 Å². The third-order valence-electron chi connectivity index (χ3n) is 5.04. The Balaban J connectivity index is 1.41. The summed E-state index contributed by atoms with van der Waals surface area (Å²) in [5.74, 6) is 1.99. The average molecular weight is 343 g/mol. The van der Waals surface area contributed by atoms with Gasteiger partial charge in [0.1, 0.15) is 5.69 Å². The standard InChI is InChI=1S/C17H21N5O3/c1-12(17-18-16(19-25-17)13-6-7-13)20-8-10-21(11-9-20)14-4-2-3-5-15(14)22(23)24/h2-5,12-13H,6-11H2,1H3/t12-/m1/s1. The van der Waals surface area contributed by atoms with E-state index in [0.29, 0.717) is 17.5 Å². The molecule has 0 spiro atoms. The van der Waals surface area contributed by atoms with Crippen LogP contribution in [0.4, 0.5) is 11.4 Å². The van der Waals surface area contributed by atoms with E-state index in [1.165, 1.54) is 0 Å². The monoisotopic (exact) mass is 343 g/mol. The van der Waals surface area contributed by atoms with Crippen LogP contribution in [0.2, 0.25) is 0 Å². The molecule has 0 bridgehead atoms. The predicted molar refractivity (Wildman–Crippen MR) is 91.6 cm³/mol. The largest absolute Gasteiger partial charge is 0.363 e. The van der Waals surface area contributed by atoms with Gasteiger partial charge in [0.2, 0.25) is 5.89 Å². The molecule has 1 atom stereocenters. The highest BCUT2D eigenvalue weighted by molar-refractivity contribution is 5.63. The van der Waals surface area contributed by atoms with Gasteiger partial charge in [-0.25, -0.2) is 0 Å². The molecule has 4 rings (SSSR count). The Hall–Kier alpha value is -2.48. The Morgan fingerprint density at radius 1 is 1.24 bits per heavy atom. The van der Waals surface area contributed by atoms with Crippen LogP contribution in [-0.4, -0.2) is 46.1 Å². The molecule has 8 nitrogen and oxygen atoms in total. The zero-order valence-electron chi connectivity index (χ0n) is 14.2. The van der Waals surface area contributed by atoms with Gasteiger partial charge < -0.3 is 9.42 Å². The number of nitrogens with zero attached hydrogens (tertiary/aromatic N) is 5. The van der Waals surface area contributed by atoms with Crippen LogP contribution in [0.25, 0.3) is 0 Å². The molecular formula is C17H21N5O3. The van der Waals surface area contributed by atoms with Crippen molar-refractivity contribution in [3.8, 4) is 0 Å². The van der Waals surface area contributed by atoms with Crippen molar-refractivity contribution in [2.75, 3.05) is 31.1 Å². The number of nitro groups is 1. The Labute approximate surface area is 145 Å². The summed E-state index contributed by atoms with van der Waals surface area (Å²) >= 11 is 0. The molecular weight excluding hydrogens is 322 g/mol. The zero-order chi connectivity index (χ0) is 17.4. The van der Waals surface area contributed by atoms with Crippen molar-refractivity contribution in [3.05, 3.63) is 46.1 Å². The molecule has 1 saturated carbocycles. The minimum Gasteiger partial charge on any atom is -0.363 e. The summed E-state index contributed by atoms with van der Waals surface area (Å²) in [6.45, 7) is 5.14. The SMILES string of the molecule is C[C@H](c1nc(C2CC2)no1)N1CCN(c2ccccc2[N+](=O)[O-])CC1. The van der Waals surface area contributed by atoms with Crippen molar-refractivity contribution in [1.29, 1.82) is 0 Å². The summed E-state index contributed by atoms with van der Waals surface area (Å²) in [6.07, 6.45) is 2.31. The fraction of sp³-hybridized carbons (Fsp3) is 0.529. The maximum atomic E-state index is 11.2. The normalized spacial score (nSPS) is 19.8. The van der Waals surface area contributed by atoms with Gasteiger partial charge in [-0.05, 0) is 25.8 Å². The lowest BCUT2D eigenvalue weighted by atomic mass is 10.2. The molecule has 0 amide bonds. The van der Waals surface area contributed by atoms with Crippen LogP contribution in [0.15, 0.2) is 28.8 Å². The Kier molecular flexibility index (Phi) is 4.12. The summed E-state index contributed by atoms with van der Waals surface area (Å²) in [5, 5.41) is 15.3. The van der Waals surface area contributed by atoms with E-state index < -0.39 is 0 Å². The highest BCUT2D eigenvalue weighted by Gasteiger charge is 2.32. The lowest BCUT2D eigenvalue weighted by Gasteiger charge is -2.37. The number of benzene rings is 1. The molecule has 2 aromatic rings. The number of hydrogen-bond donors (Lipinski definition) is 0. The minimum atomic E-state index is -0.317. The molecule has 0 unspecified atom stereocenters. The molecule has 1 aromatic heterocycles. The van der Waals surface area contributed by atoms with Crippen LogP contribution >= 0.6 is 0 Å². The molecule has 1 aliphatic carbocycles. The van der Waals surface area contributed by atoms with Crippen LogP contribution < -0.4 is 4.90 Å². The molecule has 0 radical (unpaired) electrons. The first-order valence-corrected chi connectivity index (χ1v) is 8.69. The fourth-order valence-electron chi connectivity index (χ4n) is 3.32. The van der Waals surface area contributed by atoms with Crippen molar-refractivity contribution in [3.63, 3.8) is 0 Å². The van der Waals surface area contributed by atoms with E-state index in [4.69, 9.17) is 4.52 Å². The number of para-hydroxylation sites is 2. The van der Waals surface area contributed by atoms with E-state index in [0.717, 1.165) is 44.8 Å². The van der Waals surface area contributed by atoms with Crippen molar-refractivity contribution in [1.82, 2.24) is 15.0 Å². The number of aromatic nitrogens is 2. The van der Waals surface area contributed by atoms with Gasteiger partial charge in [-0.15, -0.1) is 0 Å². The van der Waals surface area contributed by atoms with Gasteiger partial charge in [0, 0.05) is 38.2 Å². The van der Waals surface area contributed by atoms with Gasteiger partial charge in [-0.2, -0.15) is 4.98 Å². The maximum Gasteiger partial charge on any atom is 0.292 e. The van der Waals surface area contributed by atoms with Crippen LogP contribution in [0.3, 0.4) is 0 Å². The molecule has 25 heavy (non-hydrogen) atoms. The topological polar surface area (TPSA) is 88.5 Å². The molecule has 2 aliphatic rings. The zero-order valence-corrected chi connectivity index (χ0v) is 14.2. The number of nitro benzene ring substituents is 1. The Bertz CT molecular complexity index is 765. The van der Waals surface area contributed by atoms with Crippen LogP contribution in [0.5, 0.6) is 0 Å². The van der Waals surface area contributed by atoms with E-state index in [1.54, 1.807) is 12.1 Å². The second-order valence-corrected chi connectivity index (χ2v) is 6.71. The highest BCUT2D eigenvalue weighted by atomic mass is 16.6. The minimum absolute atomic E-state index is 0.0629. The van der Waals surface area contributed by atoms with E-state index in [9.17, 15) is 10.1 Å². The first-order chi connectivity index (χ1) is 12.1. The maximum absolute atomic E-state index is 11.2. The Morgan fingerprint density at radius 2 is 1.96 bits per heavy atom. The highest BCUT2D eigenvalue weighted by Crippen LogP contribution is 2.38. The van der Waals surface area contributed by atoms with Gasteiger partial charge in [0.25, 0.3) is 5.69 Å². The molecule has 1 aliphatic heterocycles. The van der Waals surface area contributed by atoms with E-state index in [-0.39, 0.29) is 16.7 Å². The third kappa shape index (κ3) is 3.21. The molecule has 2 fully saturated rings. The van der Waals surface area contributed by atoms with Crippen molar-refractivity contribution < 1.29 is 9.45 Å². The molecule has 1 aromatic carbocycles. The van der Waals surface area contributed by atoms with Crippen molar-refractivity contribution in [2.45, 2.75) is 31.7 Å². The summed E-state index contributed by atoms with van der Waals surface area (Å²) in [7, 11) is 0. The van der Waals surface area contributed by atoms with Gasteiger partial charge in [-0.3, -0.25) is 15.0 Å². The molecule has 132 valence electrons. The first-order valence-electron chi connectivity index (χ1n) is 8.69. The van der Waals surface area contributed by atoms with Gasteiger partial charge in [0.15, 0.2) is 5.82 Å². The van der Waals surface area contributed by atoms with Gasteiger partial charge >= 0.3 is 0 Å². The van der Waals surface area contributed by atoms with Gasteiger partial charge in [-0.1, -0.05) is 17.3 Å². The fourth-order valence-corrected chi connectivity index (χ4v) is 3.32. The quantitative estimate of drug-likeness (QED) is 0.609. The summed E-state index contributed by atoms with van der Waals surface area (Å²) in [6, 6.07) is 6.98. The lowest BCUT2D eigenvalue weighted by Crippen LogP contribution is -2.47. The van der Waals surface area contributed by atoms with E-state index >= 15 is 0 Å². The number of rotatable bonds is 5. The van der Waals surface area contributed by atoms with E-state index in [2.05, 4.69) is 26.9 Å². The smallest absolute Gasteiger partial charge is 0.292 e. The van der Waals surface area contributed by atoms with Gasteiger partial charge in [0.05, 0.1) is 11.0 Å². The molecule has 2 heterocycles.